The van der Waals surface area contributed by atoms with Crippen molar-refractivity contribution in [1.82, 2.24) is 9.38 Å². The Hall–Kier alpha value is -0.910. The van der Waals surface area contributed by atoms with Gasteiger partial charge in [0.25, 0.3) is 0 Å². The molecule has 0 bridgehead atoms. The number of rotatable bonds is 3. The molecule has 1 aliphatic rings. The fourth-order valence-electron chi connectivity index (χ4n) is 2.49. The summed E-state index contributed by atoms with van der Waals surface area (Å²) in [6.07, 6.45) is 5.36. The van der Waals surface area contributed by atoms with Gasteiger partial charge in [-0.25, -0.2) is 4.98 Å². The number of aromatic nitrogens is 2. The molecule has 3 rings (SSSR count). The molecule has 1 aliphatic heterocycles. The van der Waals surface area contributed by atoms with Gasteiger partial charge < -0.3 is 9.84 Å². The van der Waals surface area contributed by atoms with Gasteiger partial charge >= 0.3 is 0 Å². The number of aliphatic hydroxyl groups is 1. The summed E-state index contributed by atoms with van der Waals surface area (Å²) in [5, 5.41) is 12.2. The molecule has 2 aromatic rings. The highest BCUT2D eigenvalue weighted by Gasteiger charge is 2.31. The Morgan fingerprint density at radius 1 is 1.71 bits per heavy atom. The van der Waals surface area contributed by atoms with E-state index in [-0.39, 0.29) is 18.1 Å². The largest absolute Gasteiger partial charge is 0.392 e. The summed E-state index contributed by atoms with van der Waals surface area (Å²) < 4.78 is 7.49. The fraction of sp³-hybridized carbons (Fsp3) is 0.583. The predicted octanol–water partition coefficient (Wildman–Crippen LogP) is 1.72. The molecule has 5 heteroatoms. The molecule has 0 saturated carbocycles. The van der Waals surface area contributed by atoms with Crippen molar-refractivity contribution in [3.8, 4) is 0 Å². The van der Waals surface area contributed by atoms with Crippen molar-refractivity contribution >= 4 is 16.3 Å². The van der Waals surface area contributed by atoms with Crippen LogP contribution in [-0.4, -0.2) is 33.3 Å². The Kier molecular flexibility index (Phi) is 2.90. The summed E-state index contributed by atoms with van der Waals surface area (Å²) in [6.45, 7) is 2.80. The summed E-state index contributed by atoms with van der Waals surface area (Å²) in [4.78, 5) is 5.48. The summed E-state index contributed by atoms with van der Waals surface area (Å²) in [6, 6.07) is 0. The molecule has 0 aromatic carbocycles. The zero-order chi connectivity index (χ0) is 11.8. The third-order valence-corrected chi connectivity index (χ3v) is 4.26. The smallest absolute Gasteiger partial charge is 0.193 e. The Morgan fingerprint density at radius 2 is 2.59 bits per heavy atom. The monoisotopic (exact) mass is 252 g/mol. The molecule has 3 unspecified atom stereocenters. The molecule has 1 saturated heterocycles. The summed E-state index contributed by atoms with van der Waals surface area (Å²) in [5.74, 6) is 0.245. The van der Waals surface area contributed by atoms with Crippen molar-refractivity contribution in [3.63, 3.8) is 0 Å². The van der Waals surface area contributed by atoms with Crippen molar-refractivity contribution in [2.75, 3.05) is 6.61 Å². The van der Waals surface area contributed by atoms with E-state index in [1.807, 2.05) is 29.1 Å². The maximum Gasteiger partial charge on any atom is 0.193 e. The van der Waals surface area contributed by atoms with Crippen LogP contribution in [0.4, 0.5) is 0 Å². The van der Waals surface area contributed by atoms with Crippen molar-refractivity contribution in [2.24, 2.45) is 5.92 Å². The van der Waals surface area contributed by atoms with Crippen LogP contribution in [0.3, 0.4) is 0 Å². The van der Waals surface area contributed by atoms with E-state index in [0.29, 0.717) is 6.42 Å². The van der Waals surface area contributed by atoms with Crippen LogP contribution in [-0.2, 0) is 11.2 Å². The molecular weight excluding hydrogens is 236 g/mol. The highest BCUT2D eigenvalue weighted by molar-refractivity contribution is 7.15. The Morgan fingerprint density at radius 3 is 3.29 bits per heavy atom. The van der Waals surface area contributed by atoms with Crippen molar-refractivity contribution in [3.05, 3.63) is 23.5 Å². The molecule has 92 valence electrons. The van der Waals surface area contributed by atoms with E-state index in [1.165, 1.54) is 0 Å². The van der Waals surface area contributed by atoms with E-state index in [9.17, 15) is 5.11 Å². The van der Waals surface area contributed by atoms with Crippen LogP contribution in [0, 0.1) is 5.92 Å². The van der Waals surface area contributed by atoms with Crippen LogP contribution in [0.15, 0.2) is 17.8 Å². The number of nitrogens with zero attached hydrogens (tertiary/aromatic N) is 2. The second-order valence-electron chi connectivity index (χ2n) is 4.63. The van der Waals surface area contributed by atoms with Crippen LogP contribution in [0.2, 0.25) is 0 Å². The SMILES string of the molecule is CC1OCCC1C(O)Cc1cn2ccsc2n1. The average molecular weight is 252 g/mol. The van der Waals surface area contributed by atoms with Crippen LogP contribution in [0.5, 0.6) is 0 Å². The second kappa shape index (κ2) is 4.40. The fourth-order valence-corrected chi connectivity index (χ4v) is 3.21. The zero-order valence-corrected chi connectivity index (χ0v) is 10.6. The normalized spacial score (nSPS) is 26.7. The molecule has 0 aliphatic carbocycles. The van der Waals surface area contributed by atoms with E-state index < -0.39 is 0 Å². The van der Waals surface area contributed by atoms with E-state index in [2.05, 4.69) is 4.98 Å². The maximum absolute atomic E-state index is 10.2. The summed E-state index contributed by atoms with van der Waals surface area (Å²) in [7, 11) is 0. The van der Waals surface area contributed by atoms with E-state index in [0.717, 1.165) is 23.7 Å². The highest BCUT2D eigenvalue weighted by atomic mass is 32.1. The Labute approximate surface area is 104 Å². The lowest BCUT2D eigenvalue weighted by atomic mass is 9.93. The minimum Gasteiger partial charge on any atom is -0.392 e. The van der Waals surface area contributed by atoms with Crippen LogP contribution >= 0.6 is 11.3 Å². The highest BCUT2D eigenvalue weighted by Crippen LogP contribution is 2.26. The van der Waals surface area contributed by atoms with Gasteiger partial charge in [-0.15, -0.1) is 11.3 Å². The quantitative estimate of drug-likeness (QED) is 0.905. The lowest BCUT2D eigenvalue weighted by molar-refractivity contribution is 0.0437. The molecule has 0 amide bonds. The number of hydrogen-bond acceptors (Lipinski definition) is 4. The third-order valence-electron chi connectivity index (χ3n) is 3.49. The van der Waals surface area contributed by atoms with Gasteiger partial charge in [0.15, 0.2) is 4.96 Å². The van der Waals surface area contributed by atoms with Crippen LogP contribution < -0.4 is 0 Å². The Bertz CT molecular complexity index is 479. The number of aliphatic hydroxyl groups excluding tert-OH is 1. The lowest BCUT2D eigenvalue weighted by Crippen LogP contribution is -2.28. The van der Waals surface area contributed by atoms with Crippen LogP contribution in [0.25, 0.3) is 4.96 Å². The van der Waals surface area contributed by atoms with Gasteiger partial charge in [0.2, 0.25) is 0 Å². The Balaban J connectivity index is 1.72. The molecule has 1 fully saturated rings. The van der Waals surface area contributed by atoms with Gasteiger partial charge in [-0.3, -0.25) is 4.40 Å². The number of ether oxygens (including phenoxy) is 1. The number of imidazole rings is 1. The molecule has 17 heavy (non-hydrogen) atoms. The van der Waals surface area contributed by atoms with Crippen molar-refractivity contribution in [1.29, 1.82) is 0 Å². The predicted molar refractivity (Wildman–Crippen MR) is 66.3 cm³/mol. The minimum atomic E-state index is -0.350. The molecule has 0 radical (unpaired) electrons. The zero-order valence-electron chi connectivity index (χ0n) is 9.74. The van der Waals surface area contributed by atoms with E-state index in [4.69, 9.17) is 4.74 Å². The average Bonchev–Trinajstić information content (AvgIpc) is 2.92. The van der Waals surface area contributed by atoms with Gasteiger partial charge in [-0.1, -0.05) is 0 Å². The van der Waals surface area contributed by atoms with E-state index in [1.54, 1.807) is 11.3 Å². The first-order chi connectivity index (χ1) is 8.24. The topological polar surface area (TPSA) is 46.8 Å². The maximum atomic E-state index is 10.2. The first-order valence-electron chi connectivity index (χ1n) is 5.95. The minimum absolute atomic E-state index is 0.161. The van der Waals surface area contributed by atoms with E-state index >= 15 is 0 Å². The molecular formula is C12H16N2O2S. The molecule has 3 heterocycles. The number of thiazole rings is 1. The molecule has 3 atom stereocenters. The van der Waals surface area contributed by atoms with Crippen molar-refractivity contribution < 1.29 is 9.84 Å². The number of hydrogen-bond donors (Lipinski definition) is 1. The van der Waals surface area contributed by atoms with Gasteiger partial charge in [-0.05, 0) is 13.3 Å². The summed E-state index contributed by atoms with van der Waals surface area (Å²) in [5.41, 5.74) is 0.962. The number of fused-ring (bicyclic) bond motifs is 1. The standard InChI is InChI=1S/C12H16N2O2S/c1-8-10(2-4-16-8)11(15)6-9-7-14-3-5-17-12(14)13-9/h3,5,7-8,10-11,15H,2,4,6H2,1H3. The molecule has 4 nitrogen and oxygen atoms in total. The second-order valence-corrected chi connectivity index (χ2v) is 5.50. The van der Waals surface area contributed by atoms with Crippen molar-refractivity contribution in [2.45, 2.75) is 32.0 Å². The lowest BCUT2D eigenvalue weighted by Gasteiger charge is -2.19. The molecule has 2 aromatic heterocycles. The van der Waals surface area contributed by atoms with Crippen LogP contribution in [0.1, 0.15) is 19.0 Å². The van der Waals surface area contributed by atoms with Gasteiger partial charge in [0.1, 0.15) is 0 Å². The first kappa shape index (κ1) is 11.2. The third kappa shape index (κ3) is 2.10. The van der Waals surface area contributed by atoms with Gasteiger partial charge in [-0.2, -0.15) is 0 Å². The first-order valence-corrected chi connectivity index (χ1v) is 6.83. The molecule has 0 spiro atoms. The molecule has 1 N–H and O–H groups in total. The summed E-state index contributed by atoms with van der Waals surface area (Å²) >= 11 is 1.61. The van der Waals surface area contributed by atoms with Gasteiger partial charge in [0, 0.05) is 36.7 Å². The van der Waals surface area contributed by atoms with Gasteiger partial charge in [0.05, 0.1) is 17.9 Å².